The average molecular weight is 548 g/mol. The Morgan fingerprint density at radius 3 is 2.13 bits per heavy atom. The summed E-state index contributed by atoms with van der Waals surface area (Å²) in [7, 11) is 6.24. The van der Waals surface area contributed by atoms with Crippen molar-refractivity contribution >= 4 is 23.9 Å². The van der Waals surface area contributed by atoms with Crippen molar-refractivity contribution in [2.75, 3.05) is 34.2 Å². The molecule has 1 heterocycles. The second-order valence-corrected chi connectivity index (χ2v) is 9.18. The predicted octanol–water partition coefficient (Wildman–Crippen LogP) is 4.52. The Bertz CT molecular complexity index is 1430. The molecule has 0 radical (unpaired) electrons. The number of rotatable bonds is 11. The second kappa shape index (κ2) is 12.8. The largest absolute Gasteiger partial charge is 0.497 e. The minimum atomic E-state index is -0.313. The number of carbonyl (C=O) groups is 1. The number of thioether (sulfide) groups is 1. The summed E-state index contributed by atoms with van der Waals surface area (Å²) in [4.78, 5) is 12.7. The van der Waals surface area contributed by atoms with Gasteiger partial charge in [-0.2, -0.15) is 5.10 Å². The summed E-state index contributed by atoms with van der Waals surface area (Å²) >= 11 is 1.26. The number of hydrogen-bond acceptors (Lipinski definition) is 9. The van der Waals surface area contributed by atoms with Gasteiger partial charge in [-0.05, 0) is 43.3 Å². The number of carbonyl (C=O) groups excluding carboxylic acids is 1. The molecule has 202 valence electrons. The molecule has 11 heteroatoms. The van der Waals surface area contributed by atoms with Crippen LogP contribution in [0.1, 0.15) is 11.1 Å². The third kappa shape index (κ3) is 6.50. The molecular formula is C28H29N5O5S. The smallest absolute Gasteiger partial charge is 0.250 e. The first-order valence-corrected chi connectivity index (χ1v) is 12.9. The highest BCUT2D eigenvalue weighted by Crippen LogP contribution is 2.33. The van der Waals surface area contributed by atoms with Gasteiger partial charge in [0, 0.05) is 23.4 Å². The van der Waals surface area contributed by atoms with Gasteiger partial charge in [-0.15, -0.1) is 10.2 Å². The summed E-state index contributed by atoms with van der Waals surface area (Å²) in [5.74, 6) is 2.73. The van der Waals surface area contributed by atoms with Gasteiger partial charge >= 0.3 is 0 Å². The number of aryl methyl sites for hydroxylation is 1. The standard InChI is InChI=1S/C28H29N5O5S/c1-18-6-10-20(11-7-18)33-27(19-8-12-21(35-2)13-9-19)31-32-28(33)39-17-26(34)30-29-16-23-24(37-4)14-22(36-3)15-25(23)38-5/h6-16H,17H2,1-5H3,(H,30,34)/b29-16+. The lowest BCUT2D eigenvalue weighted by atomic mass is 10.2. The molecule has 0 aliphatic heterocycles. The first-order chi connectivity index (χ1) is 19.0. The van der Waals surface area contributed by atoms with E-state index >= 15 is 0 Å². The van der Waals surface area contributed by atoms with E-state index < -0.39 is 0 Å². The minimum absolute atomic E-state index is 0.0703. The van der Waals surface area contributed by atoms with Gasteiger partial charge in [-0.25, -0.2) is 5.43 Å². The van der Waals surface area contributed by atoms with Gasteiger partial charge in [0.2, 0.25) is 0 Å². The first-order valence-electron chi connectivity index (χ1n) is 11.9. The van der Waals surface area contributed by atoms with Crippen molar-refractivity contribution < 1.29 is 23.7 Å². The molecule has 1 amide bonds. The highest BCUT2D eigenvalue weighted by molar-refractivity contribution is 7.99. The average Bonchev–Trinajstić information content (AvgIpc) is 3.40. The van der Waals surface area contributed by atoms with Crippen LogP contribution >= 0.6 is 11.8 Å². The van der Waals surface area contributed by atoms with Crippen LogP contribution in [0.4, 0.5) is 0 Å². The van der Waals surface area contributed by atoms with E-state index in [0.29, 0.717) is 33.8 Å². The molecule has 0 unspecified atom stereocenters. The fourth-order valence-corrected chi connectivity index (χ4v) is 4.45. The van der Waals surface area contributed by atoms with Crippen molar-refractivity contribution in [1.82, 2.24) is 20.2 Å². The molecule has 0 saturated heterocycles. The second-order valence-electron chi connectivity index (χ2n) is 8.23. The van der Waals surface area contributed by atoms with E-state index in [9.17, 15) is 4.79 Å². The van der Waals surface area contributed by atoms with Crippen LogP contribution in [-0.4, -0.2) is 61.1 Å². The van der Waals surface area contributed by atoms with Crippen molar-refractivity contribution in [1.29, 1.82) is 0 Å². The van der Waals surface area contributed by atoms with E-state index in [1.54, 1.807) is 26.4 Å². The summed E-state index contributed by atoms with van der Waals surface area (Å²) < 4.78 is 23.3. The number of methoxy groups -OCH3 is 4. The molecule has 4 aromatic rings. The zero-order valence-electron chi connectivity index (χ0n) is 22.3. The Morgan fingerprint density at radius 2 is 1.54 bits per heavy atom. The van der Waals surface area contributed by atoms with E-state index in [0.717, 1.165) is 22.6 Å². The van der Waals surface area contributed by atoms with Crippen LogP contribution < -0.4 is 24.4 Å². The number of hydrazone groups is 1. The lowest BCUT2D eigenvalue weighted by Crippen LogP contribution is -2.20. The van der Waals surface area contributed by atoms with Gasteiger partial charge in [0.15, 0.2) is 11.0 Å². The van der Waals surface area contributed by atoms with E-state index in [1.807, 2.05) is 60.0 Å². The number of ether oxygens (including phenoxy) is 4. The number of hydrogen-bond donors (Lipinski definition) is 1. The molecule has 0 aliphatic carbocycles. The SMILES string of the molecule is COc1ccc(-c2nnc(SCC(=O)N/N=C/c3c(OC)cc(OC)cc3OC)n2-c2ccc(C)cc2)cc1. The zero-order valence-corrected chi connectivity index (χ0v) is 23.1. The minimum Gasteiger partial charge on any atom is -0.497 e. The molecule has 1 N–H and O–H groups in total. The molecule has 3 aromatic carbocycles. The van der Waals surface area contributed by atoms with Gasteiger partial charge in [-0.3, -0.25) is 9.36 Å². The summed E-state index contributed by atoms with van der Waals surface area (Å²) in [5, 5.41) is 13.5. The molecule has 10 nitrogen and oxygen atoms in total. The van der Waals surface area contributed by atoms with E-state index in [4.69, 9.17) is 18.9 Å². The number of nitrogens with zero attached hydrogens (tertiary/aromatic N) is 4. The molecule has 0 bridgehead atoms. The number of amides is 1. The van der Waals surface area contributed by atoms with Gasteiger partial charge in [0.25, 0.3) is 5.91 Å². The highest BCUT2D eigenvalue weighted by Gasteiger charge is 2.18. The van der Waals surface area contributed by atoms with Crippen molar-refractivity contribution in [2.24, 2.45) is 5.10 Å². The van der Waals surface area contributed by atoms with Crippen LogP contribution in [-0.2, 0) is 4.79 Å². The van der Waals surface area contributed by atoms with E-state index in [1.165, 1.54) is 32.2 Å². The molecule has 0 spiro atoms. The molecule has 0 fully saturated rings. The molecular weight excluding hydrogens is 518 g/mol. The maximum absolute atomic E-state index is 12.7. The zero-order chi connectivity index (χ0) is 27.8. The summed E-state index contributed by atoms with van der Waals surface area (Å²) in [6, 6.07) is 19.0. The summed E-state index contributed by atoms with van der Waals surface area (Å²) in [6.45, 7) is 2.03. The monoisotopic (exact) mass is 547 g/mol. The Labute approximate surface area is 231 Å². The third-order valence-corrected chi connectivity index (χ3v) is 6.67. The normalized spacial score (nSPS) is 10.9. The Kier molecular flexibility index (Phi) is 9.06. The van der Waals surface area contributed by atoms with Gasteiger partial charge in [0.05, 0.1) is 46.0 Å². The maximum atomic E-state index is 12.7. The van der Waals surface area contributed by atoms with Crippen LogP contribution in [0.5, 0.6) is 23.0 Å². The fraction of sp³-hybridized carbons (Fsp3) is 0.214. The van der Waals surface area contributed by atoms with Crippen LogP contribution in [0.15, 0.2) is 70.9 Å². The summed E-state index contributed by atoms with van der Waals surface area (Å²) in [6.07, 6.45) is 1.47. The highest BCUT2D eigenvalue weighted by atomic mass is 32.2. The van der Waals surface area contributed by atoms with Gasteiger partial charge in [-0.1, -0.05) is 29.5 Å². The van der Waals surface area contributed by atoms with Crippen molar-refractivity contribution in [3.05, 3.63) is 71.8 Å². The Hall–Kier alpha value is -4.51. The molecule has 0 aliphatic rings. The Morgan fingerprint density at radius 1 is 0.897 bits per heavy atom. The topological polar surface area (TPSA) is 109 Å². The number of aromatic nitrogens is 3. The fourth-order valence-electron chi connectivity index (χ4n) is 3.71. The lowest BCUT2D eigenvalue weighted by molar-refractivity contribution is -0.118. The lowest BCUT2D eigenvalue weighted by Gasteiger charge is -2.12. The molecule has 4 rings (SSSR count). The van der Waals surface area contributed by atoms with E-state index in [-0.39, 0.29) is 11.7 Å². The number of benzene rings is 3. The Balaban J connectivity index is 1.52. The predicted molar refractivity (Wildman–Crippen MR) is 151 cm³/mol. The van der Waals surface area contributed by atoms with Crippen molar-refractivity contribution in [3.63, 3.8) is 0 Å². The van der Waals surface area contributed by atoms with Gasteiger partial charge in [0.1, 0.15) is 23.0 Å². The van der Waals surface area contributed by atoms with Crippen molar-refractivity contribution in [3.8, 4) is 40.1 Å². The van der Waals surface area contributed by atoms with Crippen molar-refractivity contribution in [2.45, 2.75) is 12.1 Å². The van der Waals surface area contributed by atoms with Crippen LogP contribution in [0.25, 0.3) is 17.1 Å². The first kappa shape index (κ1) is 27.5. The quantitative estimate of drug-likeness (QED) is 0.166. The maximum Gasteiger partial charge on any atom is 0.250 e. The van der Waals surface area contributed by atoms with Crippen LogP contribution in [0.2, 0.25) is 0 Å². The molecule has 0 atom stereocenters. The molecule has 0 saturated carbocycles. The van der Waals surface area contributed by atoms with Crippen LogP contribution in [0, 0.1) is 6.92 Å². The molecule has 39 heavy (non-hydrogen) atoms. The van der Waals surface area contributed by atoms with Crippen LogP contribution in [0.3, 0.4) is 0 Å². The van der Waals surface area contributed by atoms with Gasteiger partial charge < -0.3 is 18.9 Å². The third-order valence-electron chi connectivity index (χ3n) is 5.74. The summed E-state index contributed by atoms with van der Waals surface area (Å²) in [5.41, 5.74) is 6.00. The molecule has 1 aromatic heterocycles. The number of nitrogens with one attached hydrogen (secondary N) is 1. The van der Waals surface area contributed by atoms with E-state index in [2.05, 4.69) is 20.7 Å².